The minimum atomic E-state index is -0.265. The number of carbonyl (C=O) groups is 1. The SMILES string of the molecule is O=C(c1ccc(Br)cc1)N(Cc1cccc(F)c1)C1CC1. The van der Waals surface area contributed by atoms with Crippen LogP contribution in [0.3, 0.4) is 0 Å². The summed E-state index contributed by atoms with van der Waals surface area (Å²) in [6, 6.07) is 14.1. The van der Waals surface area contributed by atoms with Gasteiger partial charge in [0.05, 0.1) is 0 Å². The van der Waals surface area contributed by atoms with Gasteiger partial charge in [-0.3, -0.25) is 4.79 Å². The first kappa shape index (κ1) is 14.3. The van der Waals surface area contributed by atoms with Crippen molar-refractivity contribution < 1.29 is 9.18 Å². The molecule has 0 radical (unpaired) electrons. The Morgan fingerprint density at radius 3 is 2.52 bits per heavy atom. The largest absolute Gasteiger partial charge is 0.331 e. The molecule has 1 fully saturated rings. The van der Waals surface area contributed by atoms with Crippen LogP contribution in [0.15, 0.2) is 53.0 Å². The van der Waals surface area contributed by atoms with Crippen LogP contribution in [0.5, 0.6) is 0 Å². The first-order valence-electron chi connectivity index (χ1n) is 6.94. The summed E-state index contributed by atoms with van der Waals surface area (Å²) in [5.74, 6) is -0.256. The van der Waals surface area contributed by atoms with E-state index in [2.05, 4.69) is 15.9 Å². The van der Waals surface area contributed by atoms with Crippen LogP contribution in [0.1, 0.15) is 28.8 Å². The van der Waals surface area contributed by atoms with E-state index in [-0.39, 0.29) is 17.8 Å². The molecule has 1 saturated carbocycles. The Bertz CT molecular complexity index is 652. The van der Waals surface area contributed by atoms with Gasteiger partial charge in [-0.2, -0.15) is 0 Å². The second-order valence-corrected chi connectivity index (χ2v) is 6.22. The van der Waals surface area contributed by atoms with Crippen LogP contribution in [-0.2, 0) is 6.54 Å². The third-order valence-corrected chi connectivity index (χ3v) is 4.11. The van der Waals surface area contributed by atoms with Gasteiger partial charge < -0.3 is 4.90 Å². The van der Waals surface area contributed by atoms with Gasteiger partial charge in [-0.1, -0.05) is 28.1 Å². The molecule has 0 heterocycles. The zero-order valence-corrected chi connectivity index (χ0v) is 13.0. The Labute approximate surface area is 131 Å². The summed E-state index contributed by atoms with van der Waals surface area (Å²) in [6.45, 7) is 0.456. The molecule has 1 aliphatic carbocycles. The Morgan fingerprint density at radius 2 is 1.90 bits per heavy atom. The molecule has 0 saturated heterocycles. The molecule has 4 heteroatoms. The molecule has 0 atom stereocenters. The molecule has 2 aromatic carbocycles. The van der Waals surface area contributed by atoms with Gasteiger partial charge in [-0.25, -0.2) is 4.39 Å². The highest BCUT2D eigenvalue weighted by molar-refractivity contribution is 9.10. The van der Waals surface area contributed by atoms with Crippen LogP contribution >= 0.6 is 15.9 Å². The average molecular weight is 348 g/mol. The smallest absolute Gasteiger partial charge is 0.254 e. The Hall–Kier alpha value is -1.68. The number of carbonyl (C=O) groups excluding carboxylic acids is 1. The molecule has 108 valence electrons. The normalized spacial score (nSPS) is 14.0. The fourth-order valence-corrected chi connectivity index (χ4v) is 2.61. The van der Waals surface area contributed by atoms with Gasteiger partial charge >= 0.3 is 0 Å². The van der Waals surface area contributed by atoms with E-state index in [9.17, 15) is 9.18 Å². The third kappa shape index (κ3) is 3.50. The van der Waals surface area contributed by atoms with Crippen molar-refractivity contribution >= 4 is 21.8 Å². The second kappa shape index (κ2) is 5.98. The van der Waals surface area contributed by atoms with Crippen molar-refractivity contribution in [2.24, 2.45) is 0 Å². The van der Waals surface area contributed by atoms with Crippen LogP contribution < -0.4 is 0 Å². The van der Waals surface area contributed by atoms with E-state index in [0.717, 1.165) is 22.9 Å². The highest BCUT2D eigenvalue weighted by Gasteiger charge is 2.33. The van der Waals surface area contributed by atoms with Crippen molar-refractivity contribution in [3.05, 3.63) is 69.9 Å². The van der Waals surface area contributed by atoms with E-state index in [1.807, 2.05) is 35.2 Å². The van der Waals surface area contributed by atoms with E-state index in [1.54, 1.807) is 6.07 Å². The highest BCUT2D eigenvalue weighted by atomic mass is 79.9. The standard InChI is InChI=1S/C17H15BrFNO/c18-14-6-4-13(5-7-14)17(21)20(16-8-9-16)11-12-2-1-3-15(19)10-12/h1-7,10,16H,8-9,11H2. The molecular formula is C17H15BrFNO. The maximum absolute atomic E-state index is 13.3. The van der Waals surface area contributed by atoms with E-state index >= 15 is 0 Å². The summed E-state index contributed by atoms with van der Waals surface area (Å²) in [4.78, 5) is 14.5. The average Bonchev–Trinajstić information content (AvgIpc) is 3.29. The summed E-state index contributed by atoms with van der Waals surface area (Å²) < 4.78 is 14.2. The Balaban J connectivity index is 1.81. The monoisotopic (exact) mass is 347 g/mol. The lowest BCUT2D eigenvalue weighted by Crippen LogP contribution is -2.32. The first-order valence-corrected chi connectivity index (χ1v) is 7.74. The van der Waals surface area contributed by atoms with Crippen molar-refractivity contribution in [3.63, 3.8) is 0 Å². The lowest BCUT2D eigenvalue weighted by Gasteiger charge is -2.22. The van der Waals surface area contributed by atoms with E-state index in [1.165, 1.54) is 12.1 Å². The maximum atomic E-state index is 13.3. The van der Waals surface area contributed by atoms with Crippen LogP contribution in [0.25, 0.3) is 0 Å². The van der Waals surface area contributed by atoms with Crippen LogP contribution in [-0.4, -0.2) is 16.8 Å². The summed E-state index contributed by atoms with van der Waals surface area (Å²) in [7, 11) is 0. The minimum Gasteiger partial charge on any atom is -0.331 e. The van der Waals surface area contributed by atoms with Gasteiger partial charge in [0.25, 0.3) is 5.91 Å². The van der Waals surface area contributed by atoms with E-state index in [4.69, 9.17) is 0 Å². The molecule has 0 bridgehead atoms. The predicted molar refractivity (Wildman–Crippen MR) is 83.4 cm³/mol. The van der Waals surface area contributed by atoms with Gasteiger partial charge in [-0.05, 0) is 54.8 Å². The summed E-state index contributed by atoms with van der Waals surface area (Å²) in [6.07, 6.45) is 2.05. The molecule has 1 aliphatic rings. The van der Waals surface area contributed by atoms with Gasteiger partial charge in [0, 0.05) is 22.6 Å². The Kier molecular flexibility index (Phi) is 4.06. The van der Waals surface area contributed by atoms with Crippen LogP contribution in [0, 0.1) is 5.82 Å². The van der Waals surface area contributed by atoms with Gasteiger partial charge in [0.1, 0.15) is 5.82 Å². The van der Waals surface area contributed by atoms with Crippen molar-refractivity contribution in [3.8, 4) is 0 Å². The molecule has 0 unspecified atom stereocenters. The van der Waals surface area contributed by atoms with Gasteiger partial charge in [0.2, 0.25) is 0 Å². The van der Waals surface area contributed by atoms with E-state index in [0.29, 0.717) is 12.1 Å². The molecule has 0 aliphatic heterocycles. The molecule has 3 rings (SSSR count). The number of hydrogen-bond donors (Lipinski definition) is 0. The number of nitrogens with zero attached hydrogens (tertiary/aromatic N) is 1. The van der Waals surface area contributed by atoms with Gasteiger partial charge in [-0.15, -0.1) is 0 Å². The van der Waals surface area contributed by atoms with Crippen molar-refractivity contribution in [2.45, 2.75) is 25.4 Å². The predicted octanol–water partition coefficient (Wildman–Crippen LogP) is 4.39. The first-order chi connectivity index (χ1) is 10.1. The highest BCUT2D eigenvalue weighted by Crippen LogP contribution is 2.30. The molecule has 2 nitrogen and oxygen atoms in total. The fourth-order valence-electron chi connectivity index (χ4n) is 2.34. The summed E-state index contributed by atoms with van der Waals surface area (Å²) in [5, 5.41) is 0. The van der Waals surface area contributed by atoms with Crippen molar-refractivity contribution in [1.82, 2.24) is 4.90 Å². The number of benzene rings is 2. The van der Waals surface area contributed by atoms with E-state index < -0.39 is 0 Å². The molecule has 1 amide bonds. The van der Waals surface area contributed by atoms with Crippen LogP contribution in [0.2, 0.25) is 0 Å². The van der Waals surface area contributed by atoms with Crippen molar-refractivity contribution in [2.75, 3.05) is 0 Å². The number of amides is 1. The molecular weight excluding hydrogens is 333 g/mol. The van der Waals surface area contributed by atoms with Gasteiger partial charge in [0.15, 0.2) is 0 Å². The quantitative estimate of drug-likeness (QED) is 0.802. The number of halogens is 2. The zero-order valence-electron chi connectivity index (χ0n) is 11.4. The lowest BCUT2D eigenvalue weighted by atomic mass is 10.1. The molecule has 21 heavy (non-hydrogen) atoms. The third-order valence-electron chi connectivity index (χ3n) is 3.58. The maximum Gasteiger partial charge on any atom is 0.254 e. The molecule has 0 aromatic heterocycles. The summed E-state index contributed by atoms with van der Waals surface area (Å²) >= 11 is 3.37. The minimum absolute atomic E-state index is 0.00858. The van der Waals surface area contributed by atoms with Crippen LogP contribution in [0.4, 0.5) is 4.39 Å². The molecule has 0 N–H and O–H groups in total. The topological polar surface area (TPSA) is 20.3 Å². The zero-order chi connectivity index (χ0) is 14.8. The fraction of sp³-hybridized carbons (Fsp3) is 0.235. The number of rotatable bonds is 4. The molecule has 2 aromatic rings. The summed E-state index contributed by atoms with van der Waals surface area (Å²) in [5.41, 5.74) is 1.49. The van der Waals surface area contributed by atoms with Crippen molar-refractivity contribution in [1.29, 1.82) is 0 Å². The second-order valence-electron chi connectivity index (χ2n) is 5.30. The Morgan fingerprint density at radius 1 is 1.19 bits per heavy atom. The molecule has 0 spiro atoms. The lowest BCUT2D eigenvalue weighted by molar-refractivity contribution is 0.0729. The number of hydrogen-bond acceptors (Lipinski definition) is 1.